The molecule has 2 heterocycles. The number of morpholine rings is 1. The molecule has 3 N–H and O–H groups in total. The van der Waals surface area contributed by atoms with E-state index in [-0.39, 0.29) is 49.3 Å². The summed E-state index contributed by atoms with van der Waals surface area (Å²) in [5.41, 5.74) is 0.684. The highest BCUT2D eigenvalue weighted by Gasteiger charge is 2.33. The second-order valence-electron chi connectivity index (χ2n) is 7.73. The quantitative estimate of drug-likeness (QED) is 0.552. The van der Waals surface area contributed by atoms with Gasteiger partial charge in [0.2, 0.25) is 11.8 Å². The lowest BCUT2D eigenvalue weighted by Crippen LogP contribution is -2.53. The molecule has 2 fully saturated rings. The molecule has 166 valence electrons. The van der Waals surface area contributed by atoms with Gasteiger partial charge in [-0.3, -0.25) is 14.5 Å². The average molecular weight is 423 g/mol. The molecule has 0 bridgehead atoms. The number of nitrogens with one attached hydrogen (secondary N) is 2. The predicted molar refractivity (Wildman–Crippen MR) is 107 cm³/mol. The lowest BCUT2D eigenvalue weighted by molar-refractivity contribution is -0.136. The number of rotatable bonds is 8. The van der Waals surface area contributed by atoms with Gasteiger partial charge in [0.1, 0.15) is 11.9 Å². The van der Waals surface area contributed by atoms with Crippen molar-refractivity contribution in [3.05, 3.63) is 35.6 Å². The zero-order valence-corrected chi connectivity index (χ0v) is 17.0. The second-order valence-corrected chi connectivity index (χ2v) is 7.73. The van der Waals surface area contributed by atoms with Gasteiger partial charge >= 0.3 is 0 Å². The Hall–Kier alpha value is -2.07. The Bertz CT molecular complexity index is 714. The summed E-state index contributed by atoms with van der Waals surface area (Å²) < 4.78 is 24.4. The van der Waals surface area contributed by atoms with Crippen molar-refractivity contribution in [2.45, 2.75) is 44.1 Å². The van der Waals surface area contributed by atoms with E-state index >= 15 is 0 Å². The summed E-state index contributed by atoms with van der Waals surface area (Å²) in [5.74, 6) is -0.643. The van der Waals surface area contributed by atoms with Gasteiger partial charge in [0.25, 0.3) is 0 Å². The SMILES string of the molecule is O=C(C[C@H]1CC[C@@H](NC(=O)CN2CCOCC2)[C@H](CO)O1)NCc1cccc(F)c1. The van der Waals surface area contributed by atoms with Crippen molar-refractivity contribution in [2.24, 2.45) is 0 Å². The highest BCUT2D eigenvalue weighted by Crippen LogP contribution is 2.22. The van der Waals surface area contributed by atoms with E-state index in [1.54, 1.807) is 12.1 Å². The van der Waals surface area contributed by atoms with Crippen LogP contribution < -0.4 is 10.6 Å². The van der Waals surface area contributed by atoms with Gasteiger partial charge in [-0.1, -0.05) is 12.1 Å². The van der Waals surface area contributed by atoms with E-state index in [2.05, 4.69) is 10.6 Å². The van der Waals surface area contributed by atoms with Crippen LogP contribution >= 0.6 is 0 Å². The summed E-state index contributed by atoms with van der Waals surface area (Å²) in [7, 11) is 0. The van der Waals surface area contributed by atoms with Crippen LogP contribution in [0.15, 0.2) is 24.3 Å². The number of carbonyl (C=O) groups is 2. The molecule has 0 aromatic heterocycles. The summed E-state index contributed by atoms with van der Waals surface area (Å²) >= 11 is 0. The molecular weight excluding hydrogens is 393 g/mol. The van der Waals surface area contributed by atoms with Crippen LogP contribution in [0.4, 0.5) is 4.39 Å². The van der Waals surface area contributed by atoms with Crippen molar-refractivity contribution in [3.8, 4) is 0 Å². The molecule has 0 radical (unpaired) electrons. The number of hydrogen-bond donors (Lipinski definition) is 3. The molecule has 0 saturated carbocycles. The lowest BCUT2D eigenvalue weighted by atomic mass is 9.97. The van der Waals surface area contributed by atoms with Gasteiger partial charge in [-0.25, -0.2) is 4.39 Å². The lowest BCUT2D eigenvalue weighted by Gasteiger charge is -2.36. The summed E-state index contributed by atoms with van der Waals surface area (Å²) in [6, 6.07) is 5.79. The Kier molecular flexibility index (Phi) is 8.56. The third kappa shape index (κ3) is 7.02. The molecule has 2 aliphatic rings. The number of nitrogens with zero attached hydrogens (tertiary/aromatic N) is 1. The first kappa shape index (κ1) is 22.6. The smallest absolute Gasteiger partial charge is 0.234 e. The number of aliphatic hydroxyl groups is 1. The molecule has 0 unspecified atom stereocenters. The fourth-order valence-electron chi connectivity index (χ4n) is 3.79. The molecule has 0 spiro atoms. The van der Waals surface area contributed by atoms with Gasteiger partial charge in [-0.15, -0.1) is 0 Å². The van der Waals surface area contributed by atoms with Gasteiger partial charge in [-0.2, -0.15) is 0 Å². The van der Waals surface area contributed by atoms with E-state index in [1.165, 1.54) is 12.1 Å². The number of carbonyl (C=O) groups excluding carboxylic acids is 2. The van der Waals surface area contributed by atoms with Crippen LogP contribution in [0.3, 0.4) is 0 Å². The van der Waals surface area contributed by atoms with Crippen LogP contribution in [0.25, 0.3) is 0 Å². The van der Waals surface area contributed by atoms with Crippen LogP contribution in [0.2, 0.25) is 0 Å². The molecule has 0 aliphatic carbocycles. The molecule has 3 atom stereocenters. The van der Waals surface area contributed by atoms with E-state index in [1.807, 2.05) is 4.90 Å². The Morgan fingerprint density at radius 2 is 2.00 bits per heavy atom. The van der Waals surface area contributed by atoms with Gasteiger partial charge in [0.05, 0.1) is 44.9 Å². The van der Waals surface area contributed by atoms with Crippen LogP contribution in [-0.2, 0) is 25.6 Å². The second kappa shape index (κ2) is 11.4. The van der Waals surface area contributed by atoms with Crippen molar-refractivity contribution >= 4 is 11.8 Å². The molecule has 1 aromatic rings. The first-order valence-electron chi connectivity index (χ1n) is 10.4. The number of aliphatic hydroxyl groups excluding tert-OH is 1. The van der Waals surface area contributed by atoms with Crippen LogP contribution in [-0.4, -0.2) is 79.5 Å². The number of hydrogen-bond acceptors (Lipinski definition) is 6. The van der Waals surface area contributed by atoms with Gasteiger partial charge < -0.3 is 25.2 Å². The average Bonchev–Trinajstić information content (AvgIpc) is 2.74. The monoisotopic (exact) mass is 423 g/mol. The largest absolute Gasteiger partial charge is 0.394 e. The zero-order chi connectivity index (χ0) is 21.3. The zero-order valence-electron chi connectivity index (χ0n) is 17.0. The minimum Gasteiger partial charge on any atom is -0.394 e. The third-order valence-electron chi connectivity index (χ3n) is 5.40. The Labute approximate surface area is 175 Å². The van der Waals surface area contributed by atoms with Crippen LogP contribution in [0, 0.1) is 5.82 Å². The first-order chi connectivity index (χ1) is 14.5. The molecule has 3 rings (SSSR count). The highest BCUT2D eigenvalue weighted by atomic mass is 19.1. The first-order valence-corrected chi connectivity index (χ1v) is 10.4. The number of benzene rings is 1. The van der Waals surface area contributed by atoms with Gasteiger partial charge in [0.15, 0.2) is 0 Å². The van der Waals surface area contributed by atoms with Crippen molar-refractivity contribution in [3.63, 3.8) is 0 Å². The van der Waals surface area contributed by atoms with E-state index in [0.29, 0.717) is 38.2 Å². The molecular formula is C21H30FN3O5. The minimum atomic E-state index is -0.548. The Balaban J connectivity index is 1.40. The van der Waals surface area contributed by atoms with E-state index in [9.17, 15) is 19.1 Å². The van der Waals surface area contributed by atoms with Crippen molar-refractivity contribution in [1.29, 1.82) is 0 Å². The van der Waals surface area contributed by atoms with Crippen molar-refractivity contribution in [1.82, 2.24) is 15.5 Å². The molecule has 30 heavy (non-hydrogen) atoms. The summed E-state index contributed by atoms with van der Waals surface area (Å²) in [6.07, 6.45) is 0.504. The normalized spacial score (nSPS) is 24.9. The molecule has 2 saturated heterocycles. The number of ether oxygens (including phenoxy) is 2. The number of halogens is 1. The molecule has 8 nitrogen and oxygen atoms in total. The van der Waals surface area contributed by atoms with Crippen LogP contribution in [0.1, 0.15) is 24.8 Å². The standard InChI is InChI=1S/C21H30FN3O5/c22-16-3-1-2-15(10-16)12-23-20(27)11-17-4-5-18(19(14-26)30-17)24-21(28)13-25-6-8-29-9-7-25/h1-3,10,17-19,26H,4-9,11-14H2,(H,23,27)(H,24,28)/t17-,18-,19+/m1/s1. The van der Waals surface area contributed by atoms with E-state index in [0.717, 1.165) is 13.1 Å². The maximum Gasteiger partial charge on any atom is 0.234 e. The van der Waals surface area contributed by atoms with Crippen molar-refractivity contribution < 1.29 is 28.6 Å². The molecule has 1 aromatic carbocycles. The molecule has 2 aliphatic heterocycles. The van der Waals surface area contributed by atoms with Crippen molar-refractivity contribution in [2.75, 3.05) is 39.5 Å². The summed E-state index contributed by atoms with van der Waals surface area (Å²) in [5, 5.41) is 15.4. The van der Waals surface area contributed by atoms with E-state index < -0.39 is 6.10 Å². The predicted octanol–water partition coefficient (Wildman–Crippen LogP) is 0.189. The summed E-state index contributed by atoms with van der Waals surface area (Å²) in [6.45, 7) is 3.01. The maximum absolute atomic E-state index is 13.2. The van der Waals surface area contributed by atoms with Gasteiger partial charge in [-0.05, 0) is 30.5 Å². The summed E-state index contributed by atoms with van der Waals surface area (Å²) in [4.78, 5) is 26.6. The Morgan fingerprint density at radius 1 is 1.20 bits per heavy atom. The molecule has 9 heteroatoms. The fourth-order valence-corrected chi connectivity index (χ4v) is 3.79. The number of amides is 2. The fraction of sp³-hybridized carbons (Fsp3) is 0.619. The topological polar surface area (TPSA) is 100 Å². The molecule has 2 amide bonds. The van der Waals surface area contributed by atoms with Gasteiger partial charge in [0, 0.05) is 19.6 Å². The van der Waals surface area contributed by atoms with Crippen LogP contribution in [0.5, 0.6) is 0 Å². The minimum absolute atomic E-state index is 0.102. The third-order valence-corrected chi connectivity index (χ3v) is 5.40. The highest BCUT2D eigenvalue weighted by molar-refractivity contribution is 5.78. The van der Waals surface area contributed by atoms with E-state index in [4.69, 9.17) is 9.47 Å². The maximum atomic E-state index is 13.2. The Morgan fingerprint density at radius 3 is 2.73 bits per heavy atom.